The third kappa shape index (κ3) is 26.6. The van der Waals surface area contributed by atoms with Gasteiger partial charge in [-0.25, -0.2) is 14.2 Å². The van der Waals surface area contributed by atoms with Gasteiger partial charge in [-0.1, -0.05) is 210 Å². The second-order valence-electron chi connectivity index (χ2n) is 31.4. The van der Waals surface area contributed by atoms with E-state index in [1.54, 1.807) is 73.7 Å². The summed E-state index contributed by atoms with van der Waals surface area (Å²) >= 11 is 0. The summed E-state index contributed by atoms with van der Waals surface area (Å²) in [6.45, 7) is 12.2. The number of aliphatic hydroxyl groups excluding tert-OH is 1. The molecule has 13 atom stereocenters. The van der Waals surface area contributed by atoms with E-state index < -0.39 is 163 Å². The summed E-state index contributed by atoms with van der Waals surface area (Å²) in [6.07, 6.45) is 9.93. The number of carbonyl (C=O) groups is 10. The number of Topliss-reactive ketones (excluding diaryl/α,β-unsaturated/α-hetero) is 1. The fourth-order valence-electron chi connectivity index (χ4n) is 16.1. The first-order chi connectivity index (χ1) is 54.5. The van der Waals surface area contributed by atoms with Crippen LogP contribution in [0.15, 0.2) is 102 Å². The van der Waals surface area contributed by atoms with Gasteiger partial charge in [0.15, 0.2) is 23.6 Å². The van der Waals surface area contributed by atoms with Gasteiger partial charge in [0, 0.05) is 70.0 Å². The predicted octanol–water partition coefficient (Wildman–Crippen LogP) is 12.8. The number of unbranched alkanes of at least 4 members (excludes halogenated alkanes) is 19. The van der Waals surface area contributed by atoms with Crippen LogP contribution < -0.4 is 16.0 Å². The molecule has 1 aliphatic heterocycles. The molecule has 27 nitrogen and oxygen atoms in total. The molecule has 632 valence electrons. The monoisotopic (exact) mass is 1610 g/mol. The summed E-state index contributed by atoms with van der Waals surface area (Å²) in [4.78, 5) is 150. The number of amides is 2. The molecule has 3 aromatic carbocycles. The molecule has 3 unspecified atom stereocenters. The molecule has 2 amide bonds. The van der Waals surface area contributed by atoms with Gasteiger partial charge in [0.25, 0.3) is 5.91 Å². The Balaban J connectivity index is 0.922. The van der Waals surface area contributed by atoms with E-state index in [1.807, 2.05) is 0 Å². The highest BCUT2D eigenvalue weighted by Gasteiger charge is 2.78. The number of esters is 7. The number of rotatable bonds is 51. The minimum Gasteiger partial charge on any atom is -0.462 e. The lowest BCUT2D eigenvalue weighted by Crippen LogP contribution is -2.82. The molecule has 3 aromatic rings. The van der Waals surface area contributed by atoms with E-state index in [0.717, 1.165) is 71.6 Å². The number of hydrogen-bond acceptors (Lipinski definition) is 24. The summed E-state index contributed by atoms with van der Waals surface area (Å²) in [6, 6.07) is 22.3. The lowest BCUT2D eigenvalue weighted by molar-refractivity contribution is -0.346. The van der Waals surface area contributed by atoms with E-state index in [1.165, 1.54) is 116 Å². The van der Waals surface area contributed by atoms with E-state index in [9.17, 15) is 58.0 Å². The number of phosphoric acid groups is 1. The Kier molecular flexibility index (Phi) is 37.9. The molecule has 0 radical (unpaired) electrons. The van der Waals surface area contributed by atoms with Gasteiger partial charge < -0.3 is 69.0 Å². The van der Waals surface area contributed by atoms with Gasteiger partial charge in [0.1, 0.15) is 36.6 Å². The predicted molar refractivity (Wildman–Crippen MR) is 421 cm³/mol. The molecule has 114 heavy (non-hydrogen) atoms. The standard InChI is InChI=1S/C86H124N3O24P/c1-9-11-12-13-14-15-16-17-18-19-20-22-25-37-46-70(94)104-56-65(57-107-114(102,103)106-53-10-2)109-71(95)47-38-26-23-21-24-27-39-50-87-51-52-88-69(93)48-49-72(96)111-76(74(62-40-31-28-32-41-62)89-80(98)63-42-33-29-34-43-63)82(100)110-66-55-86(101)79(112-81(99)64-44-35-30-36-45-64)77-84(8,67(92)54-68-85(77,58-105-68)113-61(5)91)78(97)75(108-60(4)90)73(59(66)3)83(86,6)7/h28-36,40-45,65-68,74-77,79,87,92,101H,9-27,37-39,46-58H2,1-8H3,(H,88,93)(H,89,98)(H,102,103)/t65?,66-,67-,68+,74-,75+,76+,77?,79-,84+,85-,86+/m0/s1. The van der Waals surface area contributed by atoms with Gasteiger partial charge in [0.2, 0.25) is 12.0 Å². The van der Waals surface area contributed by atoms with E-state index in [4.69, 9.17) is 46.9 Å². The first-order valence-corrected chi connectivity index (χ1v) is 42.7. The molecule has 3 aliphatic carbocycles. The fraction of sp³-hybridized carbons (Fsp3) is 0.651. The van der Waals surface area contributed by atoms with Gasteiger partial charge in [-0.15, -0.1) is 0 Å². The Morgan fingerprint density at radius 3 is 1.73 bits per heavy atom. The largest absolute Gasteiger partial charge is 0.472 e. The van der Waals surface area contributed by atoms with E-state index in [-0.39, 0.29) is 79.9 Å². The first-order valence-electron chi connectivity index (χ1n) is 41.2. The minimum atomic E-state index is -4.43. The summed E-state index contributed by atoms with van der Waals surface area (Å²) in [5.74, 6) is -9.88. The lowest BCUT2D eigenvalue weighted by atomic mass is 9.44. The smallest absolute Gasteiger partial charge is 0.462 e. The molecule has 1 saturated heterocycles. The Bertz CT molecular complexity index is 3690. The summed E-state index contributed by atoms with van der Waals surface area (Å²) in [5.41, 5.74) is -7.89. The van der Waals surface area contributed by atoms with Crippen LogP contribution in [0.3, 0.4) is 0 Å². The van der Waals surface area contributed by atoms with Crippen molar-refractivity contribution in [3.8, 4) is 0 Å². The molecule has 28 heteroatoms. The van der Waals surface area contributed by atoms with Crippen LogP contribution in [0.25, 0.3) is 0 Å². The van der Waals surface area contributed by atoms with Crippen molar-refractivity contribution < 1.29 is 115 Å². The topological polar surface area (TPSA) is 377 Å². The summed E-state index contributed by atoms with van der Waals surface area (Å²) in [7, 11) is -4.43. The number of nitrogens with one attached hydrogen (secondary N) is 3. The highest BCUT2D eigenvalue weighted by molar-refractivity contribution is 7.47. The zero-order chi connectivity index (χ0) is 82.9. The first kappa shape index (κ1) is 93.4. The van der Waals surface area contributed by atoms with Crippen LogP contribution in [-0.4, -0.2) is 174 Å². The number of ether oxygens (including phenoxy) is 8. The van der Waals surface area contributed by atoms with Crippen LogP contribution in [-0.2, 0) is 89.9 Å². The number of aliphatic hydroxyl groups is 2. The SMILES string of the molecule is CCCCCCCCCCCCCCCCC(=O)OCC(COP(=O)(O)OCCC)OC(=O)CCCCCCCCCNCCNC(=O)CCC(=O)O[C@@H](C(=O)O[C@H]1C[C@@]2(O)[C@@H](OC(=O)c3ccccc3)C3[C@](C)(C(=O)[C@H](OC(C)=O)C(=C1C)C2(C)C)[C@@H](O)C[C@H]1OC[C@@]31OC(C)=O)[C@@H](NC(=O)c1ccccc1)c1ccccc1. The molecule has 2 bridgehead atoms. The molecule has 0 aromatic heterocycles. The number of phosphoric ester groups is 1. The van der Waals surface area contributed by atoms with Crippen LogP contribution in [0.1, 0.15) is 267 Å². The van der Waals surface area contributed by atoms with Crippen LogP contribution in [0.4, 0.5) is 0 Å². The number of fused-ring (bicyclic) bond motifs is 5. The van der Waals surface area contributed by atoms with Gasteiger partial charge in [-0.05, 0) is 87.1 Å². The van der Waals surface area contributed by atoms with Gasteiger partial charge in [0.05, 0.1) is 49.2 Å². The Hall–Kier alpha value is -7.75. The van der Waals surface area contributed by atoms with Crippen molar-refractivity contribution in [1.82, 2.24) is 16.0 Å². The van der Waals surface area contributed by atoms with Crippen molar-refractivity contribution in [2.45, 2.75) is 295 Å². The van der Waals surface area contributed by atoms with Crippen LogP contribution in [0.5, 0.6) is 0 Å². The molecular weight excluding hydrogens is 1490 g/mol. The normalized spacial score (nSPS) is 23.4. The van der Waals surface area contributed by atoms with Gasteiger partial charge in [-0.2, -0.15) is 0 Å². The third-order valence-electron chi connectivity index (χ3n) is 22.5. The van der Waals surface area contributed by atoms with Crippen molar-refractivity contribution in [3.63, 3.8) is 0 Å². The average molecular weight is 1610 g/mol. The summed E-state index contributed by atoms with van der Waals surface area (Å²) in [5, 5.41) is 35.4. The Morgan fingerprint density at radius 1 is 0.614 bits per heavy atom. The maximum atomic E-state index is 15.9. The number of benzene rings is 3. The van der Waals surface area contributed by atoms with Crippen molar-refractivity contribution in [2.24, 2.45) is 16.7 Å². The molecule has 2 saturated carbocycles. The Labute approximate surface area is 671 Å². The molecule has 1 heterocycles. The van der Waals surface area contributed by atoms with Crippen molar-refractivity contribution >= 4 is 67.2 Å². The quantitative estimate of drug-likeness (QED) is 0.0100. The van der Waals surface area contributed by atoms with E-state index in [0.29, 0.717) is 32.4 Å². The maximum Gasteiger partial charge on any atom is 0.472 e. The van der Waals surface area contributed by atoms with Gasteiger partial charge in [-0.3, -0.25) is 47.4 Å². The molecule has 6 N–H and O–H groups in total. The highest BCUT2D eigenvalue weighted by atomic mass is 31.2. The number of hydrogen-bond donors (Lipinski definition) is 6. The highest BCUT2D eigenvalue weighted by Crippen LogP contribution is 2.65. The van der Waals surface area contributed by atoms with E-state index >= 15 is 9.59 Å². The number of ketones is 1. The van der Waals surface area contributed by atoms with Crippen molar-refractivity contribution in [2.75, 3.05) is 46.1 Å². The van der Waals surface area contributed by atoms with Crippen LogP contribution in [0.2, 0.25) is 0 Å². The average Bonchev–Trinajstić information content (AvgIpc) is 0.668. The minimum absolute atomic E-state index is 0.00690. The number of carbonyl (C=O) groups excluding carboxylic acids is 10. The Morgan fingerprint density at radius 2 is 1.17 bits per heavy atom. The molecule has 0 spiro atoms. The molecule has 7 rings (SSSR count). The molecule has 3 fully saturated rings. The maximum absolute atomic E-state index is 15.9. The zero-order valence-electron chi connectivity index (χ0n) is 68.0. The van der Waals surface area contributed by atoms with Crippen molar-refractivity contribution in [1.29, 1.82) is 0 Å². The van der Waals surface area contributed by atoms with Crippen LogP contribution in [0, 0.1) is 16.7 Å². The van der Waals surface area contributed by atoms with E-state index in [2.05, 4.69) is 22.9 Å². The molecular formula is C86H124N3O24P. The fourth-order valence-corrected chi connectivity index (χ4v) is 17.0. The second-order valence-corrected chi connectivity index (χ2v) is 32.8. The zero-order valence-corrected chi connectivity index (χ0v) is 68.9. The van der Waals surface area contributed by atoms with Crippen molar-refractivity contribution in [3.05, 3.63) is 119 Å². The van der Waals surface area contributed by atoms with Gasteiger partial charge >= 0.3 is 49.6 Å². The second kappa shape index (κ2) is 46.3. The van der Waals surface area contributed by atoms with Crippen LogP contribution >= 0.6 is 7.82 Å². The molecule has 4 aliphatic rings. The lowest BCUT2D eigenvalue weighted by Gasteiger charge is -2.67. The third-order valence-corrected chi connectivity index (χ3v) is 23.5. The summed E-state index contributed by atoms with van der Waals surface area (Å²) < 4.78 is 70.6.